The molecule has 0 amide bonds. The van der Waals surface area contributed by atoms with Crippen molar-refractivity contribution in [1.29, 1.82) is 0 Å². The molecule has 1 aromatic carbocycles. The van der Waals surface area contributed by atoms with Crippen LogP contribution in [0.3, 0.4) is 0 Å². The Balaban J connectivity index is 2.41. The Hall–Kier alpha value is -1.03. The quantitative estimate of drug-likeness (QED) is 0.931. The molecule has 1 aromatic heterocycles. The van der Waals surface area contributed by atoms with E-state index in [1.807, 2.05) is 19.1 Å². The first-order valence-electron chi connectivity index (χ1n) is 5.23. The van der Waals surface area contributed by atoms with Gasteiger partial charge in [-0.1, -0.05) is 23.2 Å². The number of benzene rings is 1. The van der Waals surface area contributed by atoms with E-state index < -0.39 is 0 Å². The fourth-order valence-electron chi connectivity index (χ4n) is 1.65. The van der Waals surface area contributed by atoms with Gasteiger partial charge in [-0.25, -0.2) is 4.68 Å². The third-order valence-corrected chi connectivity index (χ3v) is 3.19. The van der Waals surface area contributed by atoms with Gasteiger partial charge >= 0.3 is 0 Å². The van der Waals surface area contributed by atoms with Crippen LogP contribution in [-0.4, -0.2) is 21.5 Å². The van der Waals surface area contributed by atoms with E-state index >= 15 is 0 Å². The number of hydrogen-bond acceptors (Lipinski definition) is 2. The third kappa shape index (κ3) is 2.63. The largest absolute Gasteiger partial charge is 0.396 e. The second-order valence-electron chi connectivity index (χ2n) is 3.76. The summed E-state index contributed by atoms with van der Waals surface area (Å²) in [6.07, 6.45) is 0.551. The molecule has 0 atom stereocenters. The molecule has 1 heterocycles. The highest BCUT2D eigenvalue weighted by Crippen LogP contribution is 2.25. The lowest BCUT2D eigenvalue weighted by Crippen LogP contribution is -2.00. The normalized spacial score (nSPS) is 10.8. The van der Waals surface area contributed by atoms with Crippen molar-refractivity contribution in [1.82, 2.24) is 9.78 Å². The number of aromatic nitrogens is 2. The number of aliphatic hydroxyl groups excluding tert-OH is 1. The van der Waals surface area contributed by atoms with Crippen LogP contribution in [0.4, 0.5) is 0 Å². The highest BCUT2D eigenvalue weighted by Gasteiger charge is 2.07. The predicted octanol–water partition coefficient (Wildman–Crippen LogP) is 3.02. The Morgan fingerprint density at radius 3 is 2.65 bits per heavy atom. The van der Waals surface area contributed by atoms with Crippen LogP contribution in [0.1, 0.15) is 11.4 Å². The second-order valence-corrected chi connectivity index (χ2v) is 4.58. The summed E-state index contributed by atoms with van der Waals surface area (Å²) in [6, 6.07) is 7.31. The van der Waals surface area contributed by atoms with Crippen LogP contribution in [0.5, 0.6) is 0 Å². The Morgan fingerprint density at radius 2 is 2.00 bits per heavy atom. The van der Waals surface area contributed by atoms with E-state index in [2.05, 4.69) is 5.10 Å². The van der Waals surface area contributed by atoms with Gasteiger partial charge in [0.25, 0.3) is 0 Å². The standard InChI is InChI=1S/C12H12Cl2N2O/c1-8-6-9(4-5-17)15-16(8)10-2-3-11(13)12(14)7-10/h2-3,6-7,17H,4-5H2,1H3. The topological polar surface area (TPSA) is 38.1 Å². The molecule has 3 nitrogen and oxygen atoms in total. The van der Waals surface area contributed by atoms with Gasteiger partial charge in [0.1, 0.15) is 0 Å². The van der Waals surface area contributed by atoms with E-state index in [1.165, 1.54) is 0 Å². The summed E-state index contributed by atoms with van der Waals surface area (Å²) in [5.41, 5.74) is 2.71. The molecule has 0 fully saturated rings. The van der Waals surface area contributed by atoms with Crippen molar-refractivity contribution in [2.24, 2.45) is 0 Å². The molecule has 0 bridgehead atoms. The van der Waals surface area contributed by atoms with E-state index in [-0.39, 0.29) is 6.61 Å². The fourth-order valence-corrected chi connectivity index (χ4v) is 1.95. The molecule has 0 spiro atoms. The third-order valence-electron chi connectivity index (χ3n) is 2.45. The first-order valence-corrected chi connectivity index (χ1v) is 5.99. The molecule has 1 N–H and O–H groups in total. The molecule has 90 valence electrons. The summed E-state index contributed by atoms with van der Waals surface area (Å²) in [5, 5.41) is 14.3. The second kappa shape index (κ2) is 5.08. The van der Waals surface area contributed by atoms with E-state index in [0.717, 1.165) is 17.1 Å². The lowest BCUT2D eigenvalue weighted by atomic mass is 10.3. The maximum Gasteiger partial charge on any atom is 0.0664 e. The average molecular weight is 271 g/mol. The lowest BCUT2D eigenvalue weighted by Gasteiger charge is -2.05. The first kappa shape index (κ1) is 12.4. The summed E-state index contributed by atoms with van der Waals surface area (Å²) >= 11 is 11.8. The minimum absolute atomic E-state index is 0.0951. The zero-order valence-electron chi connectivity index (χ0n) is 9.32. The smallest absolute Gasteiger partial charge is 0.0664 e. The lowest BCUT2D eigenvalue weighted by molar-refractivity contribution is 0.298. The monoisotopic (exact) mass is 270 g/mol. The van der Waals surface area contributed by atoms with E-state index in [4.69, 9.17) is 28.3 Å². The van der Waals surface area contributed by atoms with Gasteiger partial charge in [-0.3, -0.25) is 0 Å². The zero-order valence-corrected chi connectivity index (χ0v) is 10.8. The van der Waals surface area contributed by atoms with Gasteiger partial charge in [0.2, 0.25) is 0 Å². The molecular formula is C12H12Cl2N2O. The molecule has 17 heavy (non-hydrogen) atoms. The highest BCUT2D eigenvalue weighted by atomic mass is 35.5. The van der Waals surface area contributed by atoms with Crippen molar-refractivity contribution in [3.8, 4) is 5.69 Å². The molecule has 0 unspecified atom stereocenters. The average Bonchev–Trinajstić information content (AvgIpc) is 2.64. The Morgan fingerprint density at radius 1 is 1.24 bits per heavy atom. The molecule has 0 saturated heterocycles. The van der Waals surface area contributed by atoms with Gasteiger partial charge < -0.3 is 5.11 Å². The van der Waals surface area contributed by atoms with Gasteiger partial charge in [0, 0.05) is 18.7 Å². The van der Waals surface area contributed by atoms with Crippen LogP contribution in [-0.2, 0) is 6.42 Å². The number of hydrogen-bond donors (Lipinski definition) is 1. The summed E-state index contributed by atoms with van der Waals surface area (Å²) < 4.78 is 1.78. The molecule has 2 rings (SSSR count). The number of aryl methyl sites for hydroxylation is 1. The van der Waals surface area contributed by atoms with Crippen molar-refractivity contribution in [2.75, 3.05) is 6.61 Å². The summed E-state index contributed by atoms with van der Waals surface area (Å²) in [5.74, 6) is 0. The van der Waals surface area contributed by atoms with Gasteiger partial charge in [-0.05, 0) is 31.2 Å². The van der Waals surface area contributed by atoms with E-state index in [9.17, 15) is 0 Å². The molecule has 0 saturated carbocycles. The van der Waals surface area contributed by atoms with Crippen LogP contribution < -0.4 is 0 Å². The minimum atomic E-state index is 0.0951. The van der Waals surface area contributed by atoms with Crippen LogP contribution in [0.2, 0.25) is 10.0 Å². The number of rotatable bonds is 3. The van der Waals surface area contributed by atoms with Gasteiger partial charge in [-0.15, -0.1) is 0 Å². The van der Waals surface area contributed by atoms with E-state index in [0.29, 0.717) is 16.5 Å². The van der Waals surface area contributed by atoms with Gasteiger partial charge in [-0.2, -0.15) is 5.10 Å². The molecule has 5 heteroatoms. The van der Waals surface area contributed by atoms with Crippen molar-refractivity contribution in [3.63, 3.8) is 0 Å². The van der Waals surface area contributed by atoms with Crippen molar-refractivity contribution >= 4 is 23.2 Å². The van der Waals surface area contributed by atoms with Crippen LogP contribution in [0.25, 0.3) is 5.69 Å². The van der Waals surface area contributed by atoms with E-state index in [1.54, 1.807) is 16.8 Å². The maximum absolute atomic E-state index is 8.88. The summed E-state index contributed by atoms with van der Waals surface area (Å²) in [7, 11) is 0. The van der Waals surface area contributed by atoms with Crippen LogP contribution >= 0.6 is 23.2 Å². The zero-order chi connectivity index (χ0) is 12.4. The maximum atomic E-state index is 8.88. The Kier molecular flexibility index (Phi) is 3.72. The van der Waals surface area contributed by atoms with Crippen molar-refractivity contribution < 1.29 is 5.11 Å². The van der Waals surface area contributed by atoms with Crippen LogP contribution in [0, 0.1) is 6.92 Å². The van der Waals surface area contributed by atoms with Gasteiger partial charge in [0.15, 0.2) is 0 Å². The Bertz CT molecular complexity index is 537. The van der Waals surface area contributed by atoms with Crippen molar-refractivity contribution in [2.45, 2.75) is 13.3 Å². The first-order chi connectivity index (χ1) is 8.11. The van der Waals surface area contributed by atoms with Crippen LogP contribution in [0.15, 0.2) is 24.3 Å². The fraction of sp³-hybridized carbons (Fsp3) is 0.250. The molecule has 0 aliphatic heterocycles. The van der Waals surface area contributed by atoms with Gasteiger partial charge in [0.05, 0.1) is 21.4 Å². The van der Waals surface area contributed by atoms with Crippen molar-refractivity contribution in [3.05, 3.63) is 45.7 Å². The molecular weight excluding hydrogens is 259 g/mol. The highest BCUT2D eigenvalue weighted by molar-refractivity contribution is 6.42. The molecule has 2 aromatic rings. The molecule has 0 aliphatic carbocycles. The number of halogens is 2. The molecule has 0 aliphatic rings. The predicted molar refractivity (Wildman–Crippen MR) is 69.1 cm³/mol. The minimum Gasteiger partial charge on any atom is -0.396 e. The SMILES string of the molecule is Cc1cc(CCO)nn1-c1ccc(Cl)c(Cl)c1. The Labute approximate surface area is 110 Å². The molecule has 0 radical (unpaired) electrons. The summed E-state index contributed by atoms with van der Waals surface area (Å²) in [4.78, 5) is 0. The number of nitrogens with zero attached hydrogens (tertiary/aromatic N) is 2. The summed E-state index contributed by atoms with van der Waals surface area (Å²) in [6.45, 7) is 2.05. The number of aliphatic hydroxyl groups is 1.